The number of hydrogen-bond donors (Lipinski definition) is 2. The van der Waals surface area contributed by atoms with Crippen LogP contribution in [-0.4, -0.2) is 31.8 Å². The molecule has 0 aliphatic carbocycles. The number of halogens is 1. The van der Waals surface area contributed by atoms with Gasteiger partial charge in [-0.15, -0.1) is 0 Å². The van der Waals surface area contributed by atoms with Crippen LogP contribution in [0.15, 0.2) is 70.7 Å². The summed E-state index contributed by atoms with van der Waals surface area (Å²) < 4.78 is -0.225. The zero-order valence-electron chi connectivity index (χ0n) is 18.2. The lowest BCUT2D eigenvalue weighted by Gasteiger charge is -2.22. The Morgan fingerprint density at radius 3 is 2.70 bits per heavy atom. The molecule has 2 heterocycles. The molecular weight excluding hydrogens is 462 g/mol. The predicted molar refractivity (Wildman–Crippen MR) is 134 cm³/mol. The third-order valence-corrected chi connectivity index (χ3v) is 7.94. The normalized spacial score (nSPS) is 13.0. The van der Waals surface area contributed by atoms with Gasteiger partial charge in [0.1, 0.15) is 12.1 Å². The Labute approximate surface area is 196 Å². The second-order valence-corrected chi connectivity index (χ2v) is 11.7. The molecule has 10 heteroatoms. The Kier molecular flexibility index (Phi) is 6.09. The number of H-pyrrole nitrogens is 1. The molecule has 8 nitrogen and oxygen atoms in total. The zero-order valence-corrected chi connectivity index (χ0v) is 19.8. The van der Waals surface area contributed by atoms with Crippen LogP contribution in [-0.2, 0) is 0 Å². The van der Waals surface area contributed by atoms with Gasteiger partial charge in [-0.3, -0.25) is 14.9 Å². The van der Waals surface area contributed by atoms with Crippen LogP contribution in [0.2, 0.25) is 5.02 Å². The summed E-state index contributed by atoms with van der Waals surface area (Å²) in [6, 6.07) is 14.2. The quantitative estimate of drug-likeness (QED) is 0.279. The minimum atomic E-state index is -2.20. The van der Waals surface area contributed by atoms with Crippen molar-refractivity contribution < 1.29 is 4.33 Å². The molecule has 1 atom stereocenters. The van der Waals surface area contributed by atoms with Crippen LogP contribution in [0.3, 0.4) is 0 Å². The van der Waals surface area contributed by atoms with Crippen molar-refractivity contribution in [3.63, 3.8) is 0 Å². The summed E-state index contributed by atoms with van der Waals surface area (Å²) in [5.74, 6) is 0.551. The van der Waals surface area contributed by atoms with E-state index in [0.717, 1.165) is 10.9 Å². The number of benzene rings is 2. The average molecular weight is 484 g/mol. The molecule has 0 fully saturated rings. The van der Waals surface area contributed by atoms with Gasteiger partial charge in [0.2, 0.25) is 0 Å². The highest BCUT2D eigenvalue weighted by atomic mass is 35.5. The number of pyridine rings is 1. The topological polar surface area (TPSA) is 114 Å². The Morgan fingerprint density at radius 1 is 1.18 bits per heavy atom. The van der Waals surface area contributed by atoms with Gasteiger partial charge in [-0.2, -0.15) is 0 Å². The fourth-order valence-corrected chi connectivity index (χ4v) is 4.80. The van der Waals surface area contributed by atoms with Gasteiger partial charge in [0.25, 0.3) is 5.56 Å². The van der Waals surface area contributed by atoms with E-state index >= 15 is 0 Å². The molecule has 4 rings (SSSR count). The van der Waals surface area contributed by atoms with Crippen LogP contribution in [0, 0.1) is 10.1 Å². The maximum atomic E-state index is 12.6. The Bertz CT molecular complexity index is 1420. The van der Waals surface area contributed by atoms with E-state index < -0.39 is 10.2 Å². The number of nitrogens with one attached hydrogen (secondary N) is 2. The van der Waals surface area contributed by atoms with E-state index in [9.17, 15) is 14.9 Å². The van der Waals surface area contributed by atoms with Gasteiger partial charge >= 0.3 is 0 Å². The summed E-state index contributed by atoms with van der Waals surface area (Å²) in [7, 11) is -2.20. The number of hydrogen-bond acceptors (Lipinski definition) is 6. The standard InChI is InChI=1S/C23H22ClN5O3S/c1-14(20-11-16-7-5-9-19(24)21(16)23(30)28-20)27-22-18(12-25-13-26-22)15-6-4-8-17(10-15)33(2,3)29(31)32/h4-14H,1-3H3,(H,28,30)(H,25,26,27)/t14-/m0/s1. The van der Waals surface area contributed by atoms with Crippen molar-refractivity contribution in [1.29, 1.82) is 0 Å². The highest BCUT2D eigenvalue weighted by Crippen LogP contribution is 2.50. The first-order chi connectivity index (χ1) is 15.7. The molecule has 2 aromatic carbocycles. The molecule has 2 N–H and O–H groups in total. The molecule has 0 spiro atoms. The van der Waals surface area contributed by atoms with Crippen LogP contribution < -0.4 is 10.9 Å². The summed E-state index contributed by atoms with van der Waals surface area (Å²) in [5.41, 5.74) is 1.88. The molecule has 0 saturated carbocycles. The van der Waals surface area contributed by atoms with E-state index in [-0.39, 0.29) is 15.9 Å². The summed E-state index contributed by atoms with van der Waals surface area (Å²) in [6.45, 7) is 1.91. The lowest BCUT2D eigenvalue weighted by Crippen LogP contribution is -2.16. The molecule has 0 saturated heterocycles. The molecular formula is C23H22ClN5O3S. The number of fused-ring (bicyclic) bond motifs is 1. The van der Waals surface area contributed by atoms with Gasteiger partial charge in [-0.25, -0.2) is 9.97 Å². The maximum Gasteiger partial charge on any atom is 0.257 e. The minimum Gasteiger partial charge on any atom is -0.361 e. The molecule has 0 radical (unpaired) electrons. The first-order valence-corrected chi connectivity index (χ1v) is 12.8. The van der Waals surface area contributed by atoms with Crippen LogP contribution in [0.25, 0.3) is 21.9 Å². The van der Waals surface area contributed by atoms with Crippen LogP contribution in [0.4, 0.5) is 5.82 Å². The summed E-state index contributed by atoms with van der Waals surface area (Å²) in [4.78, 5) is 36.2. The molecule has 0 aliphatic heterocycles. The van der Waals surface area contributed by atoms with Crippen molar-refractivity contribution in [2.24, 2.45) is 0 Å². The maximum absolute atomic E-state index is 12.6. The van der Waals surface area contributed by atoms with Gasteiger partial charge in [0, 0.05) is 40.2 Å². The lowest BCUT2D eigenvalue weighted by atomic mass is 10.1. The monoisotopic (exact) mass is 483 g/mol. The molecule has 0 unspecified atom stereocenters. The van der Waals surface area contributed by atoms with Crippen LogP contribution in [0.1, 0.15) is 18.7 Å². The number of rotatable bonds is 6. The number of aromatic amines is 1. The van der Waals surface area contributed by atoms with Crippen molar-refractivity contribution in [1.82, 2.24) is 15.0 Å². The largest absolute Gasteiger partial charge is 0.361 e. The smallest absolute Gasteiger partial charge is 0.257 e. The van der Waals surface area contributed by atoms with Gasteiger partial charge in [0.15, 0.2) is 0 Å². The fraction of sp³-hybridized carbons (Fsp3) is 0.174. The van der Waals surface area contributed by atoms with Crippen molar-refractivity contribution in [3.05, 3.63) is 92.2 Å². The molecule has 33 heavy (non-hydrogen) atoms. The van der Waals surface area contributed by atoms with Crippen molar-refractivity contribution in [2.45, 2.75) is 17.9 Å². The SMILES string of the molecule is C[C@H](Nc1ncncc1-c1cccc(S(C)(C)[N+](=O)[O-])c1)c1cc2cccc(Cl)c2c(=O)[nH]1. The number of nitro groups is 1. The molecule has 0 aliphatic rings. The van der Waals surface area contributed by atoms with E-state index in [2.05, 4.69) is 20.3 Å². The first kappa shape index (κ1) is 22.8. The minimum absolute atomic E-state index is 0.225. The zero-order chi connectivity index (χ0) is 23.8. The molecule has 2 aromatic heterocycles. The third kappa shape index (κ3) is 4.42. The summed E-state index contributed by atoms with van der Waals surface area (Å²) in [5, 5.41) is 16.5. The average Bonchev–Trinajstić information content (AvgIpc) is 2.79. The Morgan fingerprint density at radius 2 is 1.94 bits per heavy atom. The van der Waals surface area contributed by atoms with Gasteiger partial charge in [-0.05, 0) is 42.1 Å². The summed E-state index contributed by atoms with van der Waals surface area (Å²) >= 11 is 6.18. The number of nitrogens with zero attached hydrogens (tertiary/aromatic N) is 3. The van der Waals surface area contributed by atoms with E-state index in [4.69, 9.17) is 11.6 Å². The van der Waals surface area contributed by atoms with E-state index in [0.29, 0.717) is 32.4 Å². The Hall–Kier alpha value is -3.43. The Balaban J connectivity index is 1.70. The van der Waals surface area contributed by atoms with Gasteiger partial charge in [-0.1, -0.05) is 35.9 Å². The second-order valence-electron chi connectivity index (χ2n) is 7.93. The third-order valence-electron chi connectivity index (χ3n) is 5.47. The second kappa shape index (κ2) is 8.84. The predicted octanol–water partition coefficient (Wildman–Crippen LogP) is 5.43. The van der Waals surface area contributed by atoms with E-state index in [1.807, 2.05) is 31.2 Å². The molecule has 170 valence electrons. The lowest BCUT2D eigenvalue weighted by molar-refractivity contribution is -0.295. The van der Waals surface area contributed by atoms with E-state index in [1.165, 1.54) is 6.33 Å². The number of aromatic nitrogens is 3. The van der Waals surface area contributed by atoms with Crippen molar-refractivity contribution in [2.75, 3.05) is 17.8 Å². The van der Waals surface area contributed by atoms with Crippen LogP contribution in [0.5, 0.6) is 0 Å². The van der Waals surface area contributed by atoms with Crippen molar-refractivity contribution >= 4 is 38.4 Å². The first-order valence-electron chi connectivity index (χ1n) is 10.0. The molecule has 0 amide bonds. The van der Waals surface area contributed by atoms with Crippen LogP contribution >= 0.6 is 21.8 Å². The fourth-order valence-electron chi connectivity index (χ4n) is 3.53. The number of anilines is 1. The van der Waals surface area contributed by atoms with Crippen molar-refractivity contribution in [3.8, 4) is 11.1 Å². The van der Waals surface area contributed by atoms with Gasteiger partial charge in [0.05, 0.1) is 25.7 Å². The van der Waals surface area contributed by atoms with Gasteiger partial charge < -0.3 is 10.3 Å². The molecule has 0 bridgehead atoms. The summed E-state index contributed by atoms with van der Waals surface area (Å²) in [6.07, 6.45) is 6.39. The highest BCUT2D eigenvalue weighted by Gasteiger charge is 2.27. The highest BCUT2D eigenvalue weighted by molar-refractivity contribution is 8.27. The van der Waals surface area contributed by atoms with E-state index in [1.54, 1.807) is 43.0 Å². The molecule has 4 aromatic rings.